The molecule has 0 aromatic carbocycles. The number of aromatic nitrogens is 2. The average Bonchev–Trinajstić information content (AvgIpc) is 3.33. The van der Waals surface area contributed by atoms with Gasteiger partial charge in [-0.2, -0.15) is 4.98 Å². The summed E-state index contributed by atoms with van der Waals surface area (Å²) in [7, 11) is 0. The van der Waals surface area contributed by atoms with Crippen LogP contribution in [0, 0.1) is 11.8 Å². The first-order valence-corrected chi connectivity index (χ1v) is 10.6. The van der Waals surface area contributed by atoms with E-state index in [0.29, 0.717) is 17.9 Å². The average molecular weight is 363 g/mol. The minimum absolute atomic E-state index is 0.166. The molecule has 26 heavy (non-hydrogen) atoms. The maximum atomic E-state index is 5.69. The summed E-state index contributed by atoms with van der Waals surface area (Å²) >= 11 is 0. The molecular formula is C20H34N4O2. The van der Waals surface area contributed by atoms with Crippen molar-refractivity contribution >= 4 is 0 Å². The standard InChI is InChI=1S/C20H34N4O2/c1-14(2)19-22-20(26-23-19)18(16-7-11-25-12-8-16)21-17-5-9-24(10-6-17)13-15-3-4-15/h14-18,21H,3-13H2,1-2H3/t18-/m0/s1. The smallest absolute Gasteiger partial charge is 0.244 e. The van der Waals surface area contributed by atoms with Crippen LogP contribution in [0.5, 0.6) is 0 Å². The van der Waals surface area contributed by atoms with E-state index < -0.39 is 0 Å². The summed E-state index contributed by atoms with van der Waals surface area (Å²) in [5.74, 6) is 3.41. The van der Waals surface area contributed by atoms with Crippen LogP contribution in [0.25, 0.3) is 0 Å². The summed E-state index contributed by atoms with van der Waals surface area (Å²) < 4.78 is 11.3. The van der Waals surface area contributed by atoms with Crippen molar-refractivity contribution in [3.05, 3.63) is 11.7 Å². The van der Waals surface area contributed by atoms with Crippen molar-refractivity contribution in [2.75, 3.05) is 32.8 Å². The van der Waals surface area contributed by atoms with E-state index in [2.05, 4.69) is 29.2 Å². The molecule has 0 bridgehead atoms. The highest BCUT2D eigenvalue weighted by Gasteiger charge is 2.33. The van der Waals surface area contributed by atoms with Gasteiger partial charge in [-0.15, -0.1) is 0 Å². The summed E-state index contributed by atoms with van der Waals surface area (Å²) in [6.07, 6.45) is 7.46. The number of hydrogen-bond acceptors (Lipinski definition) is 6. The third kappa shape index (κ3) is 4.65. The zero-order valence-electron chi connectivity index (χ0n) is 16.3. The second-order valence-electron chi connectivity index (χ2n) is 8.76. The Morgan fingerprint density at radius 1 is 1.08 bits per heavy atom. The molecular weight excluding hydrogens is 328 g/mol. The van der Waals surface area contributed by atoms with Gasteiger partial charge in [0.1, 0.15) is 0 Å². The number of piperidine rings is 1. The molecule has 2 saturated heterocycles. The summed E-state index contributed by atoms with van der Waals surface area (Å²) in [6.45, 7) is 9.66. The highest BCUT2D eigenvalue weighted by atomic mass is 16.5. The monoisotopic (exact) mass is 362 g/mol. The largest absolute Gasteiger partial charge is 0.381 e. The Hall–Kier alpha value is -0.980. The Kier molecular flexibility index (Phi) is 5.91. The molecule has 146 valence electrons. The molecule has 6 nitrogen and oxygen atoms in total. The fourth-order valence-electron chi connectivity index (χ4n) is 4.27. The molecule has 2 aliphatic heterocycles. The topological polar surface area (TPSA) is 63.4 Å². The Morgan fingerprint density at radius 3 is 2.42 bits per heavy atom. The lowest BCUT2D eigenvalue weighted by Crippen LogP contribution is -2.46. The molecule has 3 aliphatic rings. The van der Waals surface area contributed by atoms with Gasteiger partial charge in [0.2, 0.25) is 5.89 Å². The normalized spacial score (nSPS) is 25.0. The summed E-state index contributed by atoms with van der Waals surface area (Å²) in [6, 6.07) is 0.714. The fourth-order valence-corrected chi connectivity index (χ4v) is 4.27. The Balaban J connectivity index is 1.39. The summed E-state index contributed by atoms with van der Waals surface area (Å²) in [5.41, 5.74) is 0. The molecule has 3 fully saturated rings. The van der Waals surface area contributed by atoms with Crippen LogP contribution in [0.4, 0.5) is 0 Å². The van der Waals surface area contributed by atoms with Crippen molar-refractivity contribution in [2.24, 2.45) is 11.8 Å². The van der Waals surface area contributed by atoms with Crippen LogP contribution in [0.15, 0.2) is 4.52 Å². The predicted octanol–water partition coefficient (Wildman–Crippen LogP) is 3.12. The number of likely N-dealkylation sites (tertiary alicyclic amines) is 1. The quantitative estimate of drug-likeness (QED) is 0.804. The molecule has 1 aliphatic carbocycles. The van der Waals surface area contributed by atoms with Crippen molar-refractivity contribution < 1.29 is 9.26 Å². The first kappa shape index (κ1) is 18.4. The molecule has 0 amide bonds. The summed E-state index contributed by atoms with van der Waals surface area (Å²) in [5, 5.41) is 8.12. The molecule has 1 aromatic rings. The first-order chi connectivity index (χ1) is 12.7. The van der Waals surface area contributed by atoms with E-state index in [1.54, 1.807) is 0 Å². The third-order valence-electron chi connectivity index (χ3n) is 6.19. The molecule has 0 radical (unpaired) electrons. The molecule has 1 aromatic heterocycles. The van der Waals surface area contributed by atoms with Gasteiger partial charge in [0.15, 0.2) is 5.82 Å². The van der Waals surface area contributed by atoms with Crippen LogP contribution in [0.3, 0.4) is 0 Å². The predicted molar refractivity (Wildman–Crippen MR) is 100.0 cm³/mol. The number of rotatable bonds is 7. The maximum Gasteiger partial charge on any atom is 0.244 e. The second-order valence-corrected chi connectivity index (χ2v) is 8.76. The highest BCUT2D eigenvalue weighted by molar-refractivity contribution is 5.00. The van der Waals surface area contributed by atoms with Crippen LogP contribution in [0.2, 0.25) is 0 Å². The van der Waals surface area contributed by atoms with E-state index in [4.69, 9.17) is 14.2 Å². The lowest BCUT2D eigenvalue weighted by molar-refractivity contribution is 0.0443. The van der Waals surface area contributed by atoms with Crippen molar-refractivity contribution in [1.29, 1.82) is 0 Å². The van der Waals surface area contributed by atoms with Crippen LogP contribution < -0.4 is 5.32 Å². The molecule has 1 N–H and O–H groups in total. The van der Waals surface area contributed by atoms with Gasteiger partial charge in [0.25, 0.3) is 0 Å². The van der Waals surface area contributed by atoms with Crippen molar-refractivity contribution in [2.45, 2.75) is 70.4 Å². The van der Waals surface area contributed by atoms with E-state index in [1.807, 2.05) is 0 Å². The number of nitrogens with zero attached hydrogens (tertiary/aromatic N) is 3. The van der Waals surface area contributed by atoms with Gasteiger partial charge >= 0.3 is 0 Å². The highest BCUT2D eigenvalue weighted by Crippen LogP contribution is 2.33. The SMILES string of the molecule is CC(C)c1noc([C@@H](NC2CCN(CC3CC3)CC2)C2CCOCC2)n1. The molecule has 6 heteroatoms. The Morgan fingerprint density at radius 2 is 1.81 bits per heavy atom. The van der Waals surface area contributed by atoms with E-state index in [1.165, 1.54) is 45.3 Å². The van der Waals surface area contributed by atoms with E-state index >= 15 is 0 Å². The molecule has 3 heterocycles. The lowest BCUT2D eigenvalue weighted by atomic mass is 9.90. The lowest BCUT2D eigenvalue weighted by Gasteiger charge is -2.36. The van der Waals surface area contributed by atoms with Crippen molar-refractivity contribution in [3.63, 3.8) is 0 Å². The van der Waals surface area contributed by atoms with Gasteiger partial charge in [-0.1, -0.05) is 19.0 Å². The van der Waals surface area contributed by atoms with Gasteiger partial charge in [0.05, 0.1) is 6.04 Å². The van der Waals surface area contributed by atoms with Crippen molar-refractivity contribution in [1.82, 2.24) is 20.4 Å². The van der Waals surface area contributed by atoms with Gasteiger partial charge in [-0.05, 0) is 63.5 Å². The van der Waals surface area contributed by atoms with Crippen LogP contribution >= 0.6 is 0 Å². The number of hydrogen-bond donors (Lipinski definition) is 1. The van der Waals surface area contributed by atoms with E-state index in [0.717, 1.165) is 43.7 Å². The summed E-state index contributed by atoms with van der Waals surface area (Å²) in [4.78, 5) is 7.38. The van der Waals surface area contributed by atoms with Gasteiger partial charge < -0.3 is 19.5 Å². The van der Waals surface area contributed by atoms with Gasteiger partial charge in [-0.25, -0.2) is 0 Å². The minimum Gasteiger partial charge on any atom is -0.381 e. The molecule has 1 saturated carbocycles. The van der Waals surface area contributed by atoms with Crippen LogP contribution in [-0.4, -0.2) is 53.9 Å². The fraction of sp³-hybridized carbons (Fsp3) is 0.900. The van der Waals surface area contributed by atoms with E-state index in [9.17, 15) is 0 Å². The zero-order chi connectivity index (χ0) is 17.9. The number of nitrogens with one attached hydrogen (secondary N) is 1. The molecule has 1 atom stereocenters. The molecule has 0 spiro atoms. The van der Waals surface area contributed by atoms with Gasteiger partial charge in [-0.3, -0.25) is 0 Å². The van der Waals surface area contributed by atoms with Crippen molar-refractivity contribution in [3.8, 4) is 0 Å². The Bertz CT molecular complexity index is 558. The maximum absolute atomic E-state index is 5.69. The van der Waals surface area contributed by atoms with Crippen LogP contribution in [0.1, 0.15) is 76.0 Å². The van der Waals surface area contributed by atoms with E-state index in [-0.39, 0.29) is 6.04 Å². The minimum atomic E-state index is 0.166. The molecule has 0 unspecified atom stereocenters. The van der Waals surface area contributed by atoms with Crippen LogP contribution in [-0.2, 0) is 4.74 Å². The van der Waals surface area contributed by atoms with Gasteiger partial charge in [0, 0.05) is 31.7 Å². The zero-order valence-corrected chi connectivity index (χ0v) is 16.3. The third-order valence-corrected chi connectivity index (χ3v) is 6.19. The second kappa shape index (κ2) is 8.36. The molecule has 4 rings (SSSR count). The Labute approximate surface area is 157 Å². The number of ether oxygens (including phenoxy) is 1. The first-order valence-electron chi connectivity index (χ1n) is 10.6.